The van der Waals surface area contributed by atoms with Crippen LogP contribution in [0, 0.1) is 0 Å². The molecule has 0 heterocycles. The summed E-state index contributed by atoms with van der Waals surface area (Å²) < 4.78 is 0. The summed E-state index contributed by atoms with van der Waals surface area (Å²) in [6.07, 6.45) is 2.28. The molecule has 1 unspecified atom stereocenters. The van der Waals surface area contributed by atoms with Gasteiger partial charge in [0.05, 0.1) is 0 Å². The standard InChI is InChI=1S/C15H25ClN2/c1-5-9-17-12(3)14-8-7-13(11-15(14)16)18(4)10-6-2/h7-8,11-12,17H,5-6,9-10H2,1-4H3. The van der Waals surface area contributed by atoms with Crippen LogP contribution in [0.25, 0.3) is 0 Å². The molecule has 0 amide bonds. The molecule has 1 N–H and O–H groups in total. The first-order chi connectivity index (χ1) is 8.60. The number of benzene rings is 1. The fraction of sp³-hybridized carbons (Fsp3) is 0.600. The predicted molar refractivity (Wildman–Crippen MR) is 81.7 cm³/mol. The van der Waals surface area contributed by atoms with Crippen LogP contribution >= 0.6 is 11.6 Å². The zero-order valence-electron chi connectivity index (χ0n) is 12.0. The van der Waals surface area contributed by atoms with Gasteiger partial charge in [-0.15, -0.1) is 0 Å². The van der Waals surface area contributed by atoms with Gasteiger partial charge in [0.15, 0.2) is 0 Å². The van der Waals surface area contributed by atoms with Gasteiger partial charge in [0.1, 0.15) is 0 Å². The monoisotopic (exact) mass is 268 g/mol. The summed E-state index contributed by atoms with van der Waals surface area (Å²) in [7, 11) is 2.10. The lowest BCUT2D eigenvalue weighted by Crippen LogP contribution is -2.20. The molecule has 0 saturated heterocycles. The van der Waals surface area contributed by atoms with E-state index < -0.39 is 0 Å². The lowest BCUT2D eigenvalue weighted by atomic mass is 10.1. The summed E-state index contributed by atoms with van der Waals surface area (Å²) in [4.78, 5) is 2.24. The zero-order valence-corrected chi connectivity index (χ0v) is 12.7. The van der Waals surface area contributed by atoms with Gasteiger partial charge in [0.25, 0.3) is 0 Å². The zero-order chi connectivity index (χ0) is 13.5. The van der Waals surface area contributed by atoms with Crippen LogP contribution in [0.15, 0.2) is 18.2 Å². The molecule has 3 heteroatoms. The minimum absolute atomic E-state index is 0.308. The Morgan fingerprint density at radius 1 is 1.28 bits per heavy atom. The highest BCUT2D eigenvalue weighted by Crippen LogP contribution is 2.27. The third kappa shape index (κ3) is 4.18. The van der Waals surface area contributed by atoms with Gasteiger partial charge in [-0.1, -0.05) is 31.5 Å². The molecular formula is C15H25ClN2. The Morgan fingerprint density at radius 2 is 2.00 bits per heavy atom. The van der Waals surface area contributed by atoms with Gasteiger partial charge in [-0.25, -0.2) is 0 Å². The van der Waals surface area contributed by atoms with Gasteiger partial charge in [0, 0.05) is 30.3 Å². The second-order valence-corrected chi connectivity index (χ2v) is 5.21. The quantitative estimate of drug-likeness (QED) is 0.795. The van der Waals surface area contributed by atoms with Gasteiger partial charge in [-0.3, -0.25) is 0 Å². The van der Waals surface area contributed by atoms with Gasteiger partial charge in [0.2, 0.25) is 0 Å². The first-order valence-electron chi connectivity index (χ1n) is 6.84. The van der Waals surface area contributed by atoms with E-state index in [1.54, 1.807) is 0 Å². The van der Waals surface area contributed by atoms with Crippen molar-refractivity contribution in [3.63, 3.8) is 0 Å². The largest absolute Gasteiger partial charge is 0.375 e. The van der Waals surface area contributed by atoms with E-state index in [1.807, 2.05) is 0 Å². The van der Waals surface area contributed by atoms with Crippen molar-refractivity contribution in [3.05, 3.63) is 28.8 Å². The molecule has 1 rings (SSSR count). The molecule has 0 aromatic heterocycles. The topological polar surface area (TPSA) is 15.3 Å². The molecule has 0 aliphatic carbocycles. The Hall–Kier alpha value is -0.730. The third-order valence-corrected chi connectivity index (χ3v) is 3.48. The van der Waals surface area contributed by atoms with Crippen molar-refractivity contribution in [2.45, 2.75) is 39.7 Å². The molecule has 1 aromatic rings. The summed E-state index contributed by atoms with van der Waals surface area (Å²) in [5, 5.41) is 4.32. The number of anilines is 1. The average molecular weight is 269 g/mol. The number of hydrogen-bond acceptors (Lipinski definition) is 2. The smallest absolute Gasteiger partial charge is 0.0474 e. The molecule has 102 valence electrons. The van der Waals surface area contributed by atoms with Crippen LogP contribution in [0.5, 0.6) is 0 Å². The fourth-order valence-electron chi connectivity index (χ4n) is 2.04. The van der Waals surface area contributed by atoms with Crippen LogP contribution in [0.2, 0.25) is 5.02 Å². The number of nitrogens with zero attached hydrogens (tertiary/aromatic N) is 1. The Bertz CT molecular complexity index is 366. The summed E-state index contributed by atoms with van der Waals surface area (Å²) >= 11 is 6.38. The van der Waals surface area contributed by atoms with Crippen molar-refractivity contribution in [3.8, 4) is 0 Å². The van der Waals surface area contributed by atoms with Gasteiger partial charge < -0.3 is 10.2 Å². The van der Waals surface area contributed by atoms with Crippen molar-refractivity contribution in [1.82, 2.24) is 5.32 Å². The predicted octanol–water partition coefficient (Wildman–Crippen LogP) is 4.25. The Morgan fingerprint density at radius 3 is 2.56 bits per heavy atom. The molecular weight excluding hydrogens is 244 g/mol. The number of rotatable bonds is 7. The molecule has 0 aliphatic rings. The Kier molecular flexibility index (Phi) is 6.51. The second kappa shape index (κ2) is 7.65. The van der Waals surface area contributed by atoms with E-state index in [-0.39, 0.29) is 0 Å². The molecule has 0 bridgehead atoms. The summed E-state index contributed by atoms with van der Waals surface area (Å²) in [6, 6.07) is 6.66. The normalized spacial score (nSPS) is 12.5. The van der Waals surface area contributed by atoms with Crippen molar-refractivity contribution in [2.75, 3.05) is 25.0 Å². The molecule has 2 nitrogen and oxygen atoms in total. The maximum absolute atomic E-state index is 6.38. The first-order valence-corrected chi connectivity index (χ1v) is 7.21. The highest BCUT2D eigenvalue weighted by molar-refractivity contribution is 6.31. The SMILES string of the molecule is CCCNC(C)c1ccc(N(C)CCC)cc1Cl. The summed E-state index contributed by atoms with van der Waals surface area (Å²) in [6.45, 7) is 8.59. The Labute approximate surface area is 116 Å². The minimum Gasteiger partial charge on any atom is -0.375 e. The summed E-state index contributed by atoms with van der Waals surface area (Å²) in [5.41, 5.74) is 2.37. The molecule has 1 atom stereocenters. The van der Waals surface area contributed by atoms with E-state index in [2.05, 4.69) is 56.2 Å². The van der Waals surface area contributed by atoms with E-state index in [0.717, 1.165) is 31.0 Å². The third-order valence-electron chi connectivity index (χ3n) is 3.15. The molecule has 0 spiro atoms. The fourth-order valence-corrected chi connectivity index (χ4v) is 2.38. The molecule has 0 saturated carbocycles. The highest BCUT2D eigenvalue weighted by atomic mass is 35.5. The molecule has 0 radical (unpaired) electrons. The summed E-state index contributed by atoms with van der Waals surface area (Å²) in [5.74, 6) is 0. The van der Waals surface area contributed by atoms with Crippen LogP contribution in [0.1, 0.15) is 45.2 Å². The molecule has 0 aliphatic heterocycles. The number of nitrogens with one attached hydrogen (secondary N) is 1. The maximum Gasteiger partial charge on any atom is 0.0474 e. The van der Waals surface area contributed by atoms with Crippen LogP contribution in [-0.4, -0.2) is 20.1 Å². The van der Waals surface area contributed by atoms with E-state index >= 15 is 0 Å². The van der Waals surface area contributed by atoms with E-state index in [9.17, 15) is 0 Å². The van der Waals surface area contributed by atoms with Gasteiger partial charge >= 0.3 is 0 Å². The minimum atomic E-state index is 0.308. The first kappa shape index (κ1) is 15.3. The Balaban J connectivity index is 2.78. The molecule has 0 fully saturated rings. The van der Waals surface area contributed by atoms with Crippen molar-refractivity contribution in [2.24, 2.45) is 0 Å². The van der Waals surface area contributed by atoms with E-state index in [0.29, 0.717) is 6.04 Å². The van der Waals surface area contributed by atoms with E-state index in [1.165, 1.54) is 11.3 Å². The van der Waals surface area contributed by atoms with Gasteiger partial charge in [-0.05, 0) is 44.0 Å². The molecule has 1 aromatic carbocycles. The van der Waals surface area contributed by atoms with Crippen LogP contribution in [0.4, 0.5) is 5.69 Å². The lowest BCUT2D eigenvalue weighted by molar-refractivity contribution is 0.571. The maximum atomic E-state index is 6.38. The highest BCUT2D eigenvalue weighted by Gasteiger charge is 2.10. The average Bonchev–Trinajstić information content (AvgIpc) is 2.36. The van der Waals surface area contributed by atoms with E-state index in [4.69, 9.17) is 11.6 Å². The van der Waals surface area contributed by atoms with Crippen LogP contribution in [-0.2, 0) is 0 Å². The van der Waals surface area contributed by atoms with Gasteiger partial charge in [-0.2, -0.15) is 0 Å². The molecule has 18 heavy (non-hydrogen) atoms. The van der Waals surface area contributed by atoms with Crippen LogP contribution in [0.3, 0.4) is 0 Å². The van der Waals surface area contributed by atoms with Crippen molar-refractivity contribution >= 4 is 17.3 Å². The lowest BCUT2D eigenvalue weighted by Gasteiger charge is -2.21. The second-order valence-electron chi connectivity index (χ2n) is 4.80. The van der Waals surface area contributed by atoms with Crippen molar-refractivity contribution < 1.29 is 0 Å². The number of hydrogen-bond donors (Lipinski definition) is 1. The van der Waals surface area contributed by atoms with Crippen LogP contribution < -0.4 is 10.2 Å². The number of halogens is 1. The van der Waals surface area contributed by atoms with Crippen molar-refractivity contribution in [1.29, 1.82) is 0 Å².